The third-order valence-corrected chi connectivity index (χ3v) is 7.44. The lowest BCUT2D eigenvalue weighted by atomic mass is 9.87. The fourth-order valence-electron chi connectivity index (χ4n) is 5.34. The zero-order chi connectivity index (χ0) is 27.9. The van der Waals surface area contributed by atoms with E-state index in [1.54, 1.807) is 24.5 Å². The second-order valence-electron chi connectivity index (χ2n) is 10.9. The molecule has 0 radical (unpaired) electrons. The molecule has 0 spiro atoms. The van der Waals surface area contributed by atoms with Crippen molar-refractivity contribution in [1.82, 2.24) is 20.1 Å². The highest BCUT2D eigenvalue weighted by molar-refractivity contribution is 6.06. The van der Waals surface area contributed by atoms with Crippen molar-refractivity contribution in [3.8, 4) is 22.8 Å². The van der Waals surface area contributed by atoms with Crippen molar-refractivity contribution in [2.24, 2.45) is 11.7 Å². The number of primary amides is 1. The summed E-state index contributed by atoms with van der Waals surface area (Å²) in [7, 11) is 0. The Morgan fingerprint density at radius 2 is 1.95 bits per heavy atom. The molecule has 1 aliphatic heterocycles. The van der Waals surface area contributed by atoms with Crippen LogP contribution in [0.15, 0.2) is 30.7 Å². The Bertz CT molecular complexity index is 1400. The zero-order valence-electron chi connectivity index (χ0n) is 22.2. The third-order valence-electron chi connectivity index (χ3n) is 7.44. The normalized spacial score (nSPS) is 22.7. The van der Waals surface area contributed by atoms with Crippen molar-refractivity contribution in [2.75, 3.05) is 6.61 Å². The number of amides is 2. The summed E-state index contributed by atoms with van der Waals surface area (Å²) >= 11 is 0. The molecule has 208 valence electrons. The predicted molar refractivity (Wildman–Crippen MR) is 141 cm³/mol. The van der Waals surface area contributed by atoms with E-state index in [1.165, 1.54) is 0 Å². The van der Waals surface area contributed by atoms with Gasteiger partial charge in [-0.15, -0.1) is 0 Å². The number of ether oxygens (including phenoxy) is 2. The molecule has 0 bridgehead atoms. The lowest BCUT2D eigenvalue weighted by molar-refractivity contribution is -0.139. The summed E-state index contributed by atoms with van der Waals surface area (Å²) in [4.78, 5) is 28.4. The van der Waals surface area contributed by atoms with E-state index >= 15 is 0 Å². The van der Waals surface area contributed by atoms with Gasteiger partial charge in [0.2, 0.25) is 5.88 Å². The number of rotatable bonds is 8. The number of aromatic nitrogens is 3. The SMILES string of the molecule is CC1CCC(n2cc(-c3cnc(OCC4CC(F)(F)C(=O)N4)c4cc(OC(C)C)c(C(N)=O)cc34)cn2)CC1. The van der Waals surface area contributed by atoms with Crippen LogP contribution in [0, 0.1) is 5.92 Å². The second kappa shape index (κ2) is 10.4. The summed E-state index contributed by atoms with van der Waals surface area (Å²) in [5, 5.41) is 8.03. The lowest BCUT2D eigenvalue weighted by Gasteiger charge is -2.26. The van der Waals surface area contributed by atoms with Crippen LogP contribution >= 0.6 is 0 Å². The van der Waals surface area contributed by atoms with Gasteiger partial charge in [-0.2, -0.15) is 13.9 Å². The molecule has 1 atom stereocenters. The van der Waals surface area contributed by atoms with Crippen molar-refractivity contribution < 1.29 is 27.8 Å². The quantitative estimate of drug-likeness (QED) is 0.429. The molecule has 11 heteroatoms. The highest BCUT2D eigenvalue weighted by Gasteiger charge is 2.48. The van der Waals surface area contributed by atoms with Crippen molar-refractivity contribution in [3.05, 3.63) is 36.3 Å². The van der Waals surface area contributed by atoms with Gasteiger partial charge in [0.25, 0.3) is 11.8 Å². The van der Waals surface area contributed by atoms with Gasteiger partial charge in [0.15, 0.2) is 0 Å². The van der Waals surface area contributed by atoms with E-state index in [1.807, 2.05) is 24.7 Å². The topological polar surface area (TPSA) is 121 Å². The van der Waals surface area contributed by atoms with Crippen LogP contribution in [-0.4, -0.2) is 51.3 Å². The number of hydrogen-bond acceptors (Lipinski definition) is 6. The van der Waals surface area contributed by atoms with E-state index in [4.69, 9.17) is 15.2 Å². The van der Waals surface area contributed by atoms with Crippen LogP contribution in [0.1, 0.15) is 69.3 Å². The number of carbonyl (C=O) groups is 2. The van der Waals surface area contributed by atoms with Gasteiger partial charge >= 0.3 is 5.92 Å². The van der Waals surface area contributed by atoms with Gasteiger partial charge < -0.3 is 20.5 Å². The van der Waals surface area contributed by atoms with E-state index in [-0.39, 0.29) is 29.9 Å². The van der Waals surface area contributed by atoms with E-state index in [9.17, 15) is 18.4 Å². The Hall–Kier alpha value is -3.76. The summed E-state index contributed by atoms with van der Waals surface area (Å²) in [6.45, 7) is 5.72. The smallest absolute Gasteiger partial charge is 0.326 e. The molecule has 39 heavy (non-hydrogen) atoms. The van der Waals surface area contributed by atoms with Crippen molar-refractivity contribution >= 4 is 22.6 Å². The number of alkyl halides is 2. The van der Waals surface area contributed by atoms with Gasteiger partial charge in [-0.1, -0.05) is 6.92 Å². The van der Waals surface area contributed by atoms with Crippen molar-refractivity contribution in [2.45, 2.75) is 77.0 Å². The molecule has 3 heterocycles. The summed E-state index contributed by atoms with van der Waals surface area (Å²) in [6, 6.07) is 2.74. The molecular formula is C28H33F2N5O4. The molecule has 1 saturated carbocycles. The Balaban J connectivity index is 1.54. The summed E-state index contributed by atoms with van der Waals surface area (Å²) < 4.78 is 41.1. The van der Waals surface area contributed by atoms with Gasteiger partial charge in [0.05, 0.1) is 29.9 Å². The molecule has 3 aromatic rings. The van der Waals surface area contributed by atoms with Gasteiger partial charge in [-0.3, -0.25) is 14.3 Å². The lowest BCUT2D eigenvalue weighted by Crippen LogP contribution is -2.33. The minimum atomic E-state index is -3.43. The maximum atomic E-state index is 13.7. The minimum absolute atomic E-state index is 0.163. The number of fused-ring (bicyclic) bond motifs is 1. The Morgan fingerprint density at radius 1 is 1.21 bits per heavy atom. The predicted octanol–water partition coefficient (Wildman–Crippen LogP) is 4.64. The molecule has 2 amide bonds. The van der Waals surface area contributed by atoms with Crippen LogP contribution in [0.25, 0.3) is 21.9 Å². The van der Waals surface area contributed by atoms with Gasteiger partial charge in [-0.05, 0) is 63.0 Å². The van der Waals surface area contributed by atoms with Gasteiger partial charge in [0, 0.05) is 35.3 Å². The summed E-state index contributed by atoms with van der Waals surface area (Å²) in [5.41, 5.74) is 7.44. The summed E-state index contributed by atoms with van der Waals surface area (Å²) in [6.07, 6.45) is 8.90. The molecule has 1 unspecified atom stereocenters. The van der Waals surface area contributed by atoms with Crippen LogP contribution in [0.3, 0.4) is 0 Å². The number of halogens is 2. The van der Waals surface area contributed by atoms with E-state index in [0.717, 1.165) is 37.2 Å². The Kier molecular flexibility index (Phi) is 7.17. The van der Waals surface area contributed by atoms with Crippen LogP contribution in [0.5, 0.6) is 11.6 Å². The first-order valence-electron chi connectivity index (χ1n) is 13.3. The van der Waals surface area contributed by atoms with E-state index in [2.05, 4.69) is 22.3 Å². The molecule has 3 N–H and O–H groups in total. The van der Waals surface area contributed by atoms with Crippen LogP contribution < -0.4 is 20.5 Å². The number of nitrogens with one attached hydrogen (secondary N) is 1. The fraction of sp³-hybridized carbons (Fsp3) is 0.500. The first-order valence-corrected chi connectivity index (χ1v) is 13.3. The molecule has 1 aliphatic carbocycles. The average molecular weight is 542 g/mol. The number of carbonyl (C=O) groups excluding carboxylic acids is 2. The highest BCUT2D eigenvalue weighted by Crippen LogP contribution is 2.39. The van der Waals surface area contributed by atoms with E-state index in [0.29, 0.717) is 22.4 Å². The molecule has 2 aromatic heterocycles. The first kappa shape index (κ1) is 26.8. The standard InChI is InChI=1S/C28H33F2N5O4/c1-15(2)39-24-9-21-20(8-22(24)25(31)36)23(17-11-33-35(13-17)19-6-4-16(3)5-7-19)12-32-26(21)38-14-18-10-28(29,30)27(37)34-18/h8-9,11-13,15-16,18-19H,4-7,10,14H2,1-3H3,(H2,31,36)(H,34,37). The third kappa shape index (κ3) is 5.53. The first-order chi connectivity index (χ1) is 18.5. The second-order valence-corrected chi connectivity index (χ2v) is 10.9. The van der Waals surface area contributed by atoms with Crippen molar-refractivity contribution in [1.29, 1.82) is 0 Å². The molecular weight excluding hydrogens is 508 g/mol. The molecule has 2 aliphatic rings. The molecule has 9 nitrogen and oxygen atoms in total. The highest BCUT2D eigenvalue weighted by atomic mass is 19.3. The van der Waals surface area contributed by atoms with Gasteiger partial charge in [0.1, 0.15) is 12.4 Å². The molecule has 5 rings (SSSR count). The maximum Gasteiger partial charge on any atom is 0.326 e. The van der Waals surface area contributed by atoms with Crippen LogP contribution in [-0.2, 0) is 4.79 Å². The Morgan fingerprint density at radius 3 is 2.59 bits per heavy atom. The van der Waals surface area contributed by atoms with E-state index < -0.39 is 30.2 Å². The van der Waals surface area contributed by atoms with Crippen LogP contribution in [0.4, 0.5) is 8.78 Å². The summed E-state index contributed by atoms with van der Waals surface area (Å²) in [5.74, 6) is -4.25. The maximum absolute atomic E-state index is 13.7. The Labute approximate surface area is 225 Å². The number of pyridine rings is 1. The monoisotopic (exact) mass is 541 g/mol. The van der Waals surface area contributed by atoms with Gasteiger partial charge in [-0.25, -0.2) is 4.98 Å². The average Bonchev–Trinajstić information content (AvgIpc) is 3.46. The minimum Gasteiger partial charge on any atom is -0.490 e. The fourth-order valence-corrected chi connectivity index (χ4v) is 5.34. The zero-order valence-corrected chi connectivity index (χ0v) is 22.2. The number of benzene rings is 1. The number of nitrogens with two attached hydrogens (primary N) is 1. The largest absolute Gasteiger partial charge is 0.490 e. The van der Waals surface area contributed by atoms with Crippen molar-refractivity contribution in [3.63, 3.8) is 0 Å². The number of nitrogens with zero attached hydrogens (tertiary/aromatic N) is 3. The molecule has 1 aromatic carbocycles. The number of hydrogen-bond donors (Lipinski definition) is 2. The molecule has 1 saturated heterocycles. The molecule has 2 fully saturated rings. The van der Waals surface area contributed by atoms with Crippen LogP contribution in [0.2, 0.25) is 0 Å².